The number of hydrogen-bond acceptors (Lipinski definition) is 4. The maximum absolute atomic E-state index is 12.5. The zero-order chi connectivity index (χ0) is 18.9. The molecule has 2 heterocycles. The Bertz CT molecular complexity index is 700. The van der Waals surface area contributed by atoms with Crippen molar-refractivity contribution in [1.29, 1.82) is 0 Å². The summed E-state index contributed by atoms with van der Waals surface area (Å²) in [5.41, 5.74) is 0.557. The highest BCUT2D eigenvalue weighted by molar-refractivity contribution is 5.83. The zero-order valence-electron chi connectivity index (χ0n) is 14.9. The van der Waals surface area contributed by atoms with Crippen LogP contribution in [0.25, 0.3) is 0 Å². The van der Waals surface area contributed by atoms with Crippen molar-refractivity contribution in [1.82, 2.24) is 9.80 Å². The molecule has 1 atom stereocenters. The maximum atomic E-state index is 12.5. The van der Waals surface area contributed by atoms with E-state index in [1.165, 1.54) is 11.8 Å². The van der Waals surface area contributed by atoms with Gasteiger partial charge in [-0.1, -0.05) is 12.1 Å². The second kappa shape index (κ2) is 6.97. The minimum Gasteiger partial charge on any atom is -0.508 e. The van der Waals surface area contributed by atoms with Gasteiger partial charge in [0.05, 0.1) is 6.42 Å². The number of phenolic OH excluding ortho intramolecular Hbond substituents is 1. The summed E-state index contributed by atoms with van der Waals surface area (Å²) in [4.78, 5) is 39.0. The molecule has 3 rings (SSSR count). The van der Waals surface area contributed by atoms with E-state index in [1.807, 2.05) is 6.07 Å². The van der Waals surface area contributed by atoms with Gasteiger partial charge in [0.25, 0.3) is 0 Å². The van der Waals surface area contributed by atoms with E-state index < -0.39 is 12.0 Å². The zero-order valence-corrected chi connectivity index (χ0v) is 14.9. The number of carboxylic acids is 1. The van der Waals surface area contributed by atoms with Gasteiger partial charge in [-0.3, -0.25) is 9.59 Å². The molecule has 1 spiro atoms. The third-order valence-corrected chi connectivity index (χ3v) is 5.64. The summed E-state index contributed by atoms with van der Waals surface area (Å²) >= 11 is 0. The molecule has 0 aliphatic carbocycles. The van der Waals surface area contributed by atoms with E-state index in [9.17, 15) is 24.6 Å². The largest absolute Gasteiger partial charge is 0.508 e. The van der Waals surface area contributed by atoms with Gasteiger partial charge in [-0.05, 0) is 42.4 Å². The molecule has 0 saturated carbocycles. The summed E-state index contributed by atoms with van der Waals surface area (Å²) in [6, 6.07) is 5.91. The third kappa shape index (κ3) is 3.66. The first kappa shape index (κ1) is 18.2. The molecule has 7 nitrogen and oxygen atoms in total. The number of rotatable bonds is 3. The summed E-state index contributed by atoms with van der Waals surface area (Å²) in [7, 11) is 0. The van der Waals surface area contributed by atoms with E-state index in [-0.39, 0.29) is 29.4 Å². The molecule has 0 bridgehead atoms. The number of piperidine rings is 1. The summed E-state index contributed by atoms with van der Waals surface area (Å²) in [5, 5.41) is 18.9. The molecule has 1 aromatic carbocycles. The normalized spacial score (nSPS) is 21.8. The van der Waals surface area contributed by atoms with Crippen molar-refractivity contribution in [2.75, 3.05) is 19.6 Å². The van der Waals surface area contributed by atoms with Gasteiger partial charge >= 0.3 is 5.97 Å². The SMILES string of the molecule is CC(=O)N1CC2(CCN(C(=O)Cc3cccc(O)c3)CC2)CC1C(=O)O. The lowest BCUT2D eigenvalue weighted by Crippen LogP contribution is -2.45. The average Bonchev–Trinajstić information content (AvgIpc) is 2.95. The van der Waals surface area contributed by atoms with Crippen molar-refractivity contribution in [2.24, 2.45) is 5.41 Å². The van der Waals surface area contributed by atoms with Gasteiger partial charge in [-0.2, -0.15) is 0 Å². The first-order valence-electron chi connectivity index (χ1n) is 8.85. The number of carbonyl (C=O) groups is 3. The molecular formula is C19H24N2O5. The number of nitrogens with zero attached hydrogens (tertiary/aromatic N) is 2. The molecule has 2 N–H and O–H groups in total. The number of aliphatic carboxylic acids is 1. The lowest BCUT2D eigenvalue weighted by Gasteiger charge is -2.39. The molecule has 2 amide bonds. The van der Waals surface area contributed by atoms with Gasteiger partial charge in [-0.25, -0.2) is 4.79 Å². The predicted octanol–water partition coefficient (Wildman–Crippen LogP) is 1.25. The Labute approximate surface area is 152 Å². The molecule has 2 fully saturated rings. The lowest BCUT2D eigenvalue weighted by atomic mass is 9.76. The van der Waals surface area contributed by atoms with Crippen LogP contribution in [0.5, 0.6) is 5.75 Å². The van der Waals surface area contributed by atoms with Crippen LogP contribution in [0.15, 0.2) is 24.3 Å². The van der Waals surface area contributed by atoms with Gasteiger partial charge in [0.15, 0.2) is 0 Å². The number of likely N-dealkylation sites (tertiary alicyclic amines) is 2. The Hall–Kier alpha value is -2.57. The first-order valence-corrected chi connectivity index (χ1v) is 8.85. The fourth-order valence-electron chi connectivity index (χ4n) is 4.15. The molecule has 2 saturated heterocycles. The minimum absolute atomic E-state index is 0.00153. The number of aromatic hydroxyl groups is 1. The van der Waals surface area contributed by atoms with Gasteiger partial charge < -0.3 is 20.0 Å². The van der Waals surface area contributed by atoms with Crippen LogP contribution in [-0.2, 0) is 20.8 Å². The van der Waals surface area contributed by atoms with Crippen LogP contribution in [-0.4, -0.2) is 63.5 Å². The van der Waals surface area contributed by atoms with Crippen LogP contribution in [0.4, 0.5) is 0 Å². The highest BCUT2D eigenvalue weighted by Crippen LogP contribution is 2.43. The van der Waals surface area contributed by atoms with Crippen molar-refractivity contribution in [3.63, 3.8) is 0 Å². The minimum atomic E-state index is -0.959. The molecule has 140 valence electrons. The van der Waals surface area contributed by atoms with Gasteiger partial charge in [0, 0.05) is 26.6 Å². The van der Waals surface area contributed by atoms with Crippen molar-refractivity contribution in [3.8, 4) is 5.75 Å². The molecule has 2 aliphatic heterocycles. The van der Waals surface area contributed by atoms with Crippen LogP contribution in [0.1, 0.15) is 31.7 Å². The highest BCUT2D eigenvalue weighted by Gasteiger charge is 2.49. The van der Waals surface area contributed by atoms with E-state index in [4.69, 9.17) is 0 Å². The molecule has 0 radical (unpaired) electrons. The van der Waals surface area contributed by atoms with E-state index in [0.29, 0.717) is 38.9 Å². The van der Waals surface area contributed by atoms with E-state index in [2.05, 4.69) is 0 Å². The van der Waals surface area contributed by atoms with Crippen molar-refractivity contribution in [3.05, 3.63) is 29.8 Å². The first-order chi connectivity index (χ1) is 12.3. The second-order valence-corrected chi connectivity index (χ2v) is 7.43. The Morgan fingerprint density at radius 2 is 1.92 bits per heavy atom. The molecular weight excluding hydrogens is 336 g/mol. The number of benzene rings is 1. The van der Waals surface area contributed by atoms with Crippen LogP contribution < -0.4 is 0 Å². The Morgan fingerprint density at radius 1 is 1.23 bits per heavy atom. The number of carbonyl (C=O) groups excluding carboxylic acids is 2. The van der Waals surface area contributed by atoms with E-state index in [1.54, 1.807) is 23.1 Å². The molecule has 1 unspecified atom stereocenters. The fraction of sp³-hybridized carbons (Fsp3) is 0.526. The van der Waals surface area contributed by atoms with Crippen molar-refractivity contribution in [2.45, 2.75) is 38.6 Å². The van der Waals surface area contributed by atoms with Gasteiger partial charge in [0.2, 0.25) is 11.8 Å². The van der Waals surface area contributed by atoms with Gasteiger partial charge in [0.1, 0.15) is 11.8 Å². The quantitative estimate of drug-likeness (QED) is 0.845. The monoisotopic (exact) mass is 360 g/mol. The molecule has 2 aliphatic rings. The summed E-state index contributed by atoms with van der Waals surface area (Å²) in [6.45, 7) is 2.99. The summed E-state index contributed by atoms with van der Waals surface area (Å²) < 4.78 is 0. The van der Waals surface area contributed by atoms with Crippen molar-refractivity contribution >= 4 is 17.8 Å². The standard InChI is InChI=1S/C19H24N2O5/c1-13(22)21-12-19(11-16(21)18(25)26)5-7-20(8-6-19)17(24)10-14-3-2-4-15(23)9-14/h2-4,9,16,23H,5-8,10-12H2,1H3,(H,25,26). The third-order valence-electron chi connectivity index (χ3n) is 5.64. The van der Waals surface area contributed by atoms with Crippen molar-refractivity contribution < 1.29 is 24.6 Å². The number of phenols is 1. The topological polar surface area (TPSA) is 98.2 Å². The van der Waals surface area contributed by atoms with Crippen LogP contribution in [0.2, 0.25) is 0 Å². The van der Waals surface area contributed by atoms with Crippen LogP contribution in [0.3, 0.4) is 0 Å². The smallest absolute Gasteiger partial charge is 0.326 e. The predicted molar refractivity (Wildman–Crippen MR) is 93.5 cm³/mol. The Morgan fingerprint density at radius 3 is 2.46 bits per heavy atom. The Kier molecular flexibility index (Phi) is 4.89. The van der Waals surface area contributed by atoms with Crippen LogP contribution >= 0.6 is 0 Å². The molecule has 26 heavy (non-hydrogen) atoms. The molecule has 7 heteroatoms. The summed E-state index contributed by atoms with van der Waals surface area (Å²) in [5.74, 6) is -1.03. The molecule has 1 aromatic rings. The van der Waals surface area contributed by atoms with E-state index >= 15 is 0 Å². The van der Waals surface area contributed by atoms with E-state index in [0.717, 1.165) is 5.56 Å². The average molecular weight is 360 g/mol. The van der Waals surface area contributed by atoms with Crippen LogP contribution in [0, 0.1) is 5.41 Å². The highest BCUT2D eigenvalue weighted by atomic mass is 16.4. The number of carboxylic acid groups (broad SMARTS) is 1. The second-order valence-electron chi connectivity index (χ2n) is 7.43. The lowest BCUT2D eigenvalue weighted by molar-refractivity contribution is -0.147. The maximum Gasteiger partial charge on any atom is 0.326 e. The fourth-order valence-corrected chi connectivity index (χ4v) is 4.15. The Balaban J connectivity index is 1.61. The molecule has 0 aromatic heterocycles. The number of amides is 2. The number of hydrogen-bond donors (Lipinski definition) is 2. The van der Waals surface area contributed by atoms with Gasteiger partial charge in [-0.15, -0.1) is 0 Å². The summed E-state index contributed by atoms with van der Waals surface area (Å²) in [6.07, 6.45) is 2.09.